The van der Waals surface area contributed by atoms with Gasteiger partial charge in [0.1, 0.15) is 0 Å². The van der Waals surface area contributed by atoms with E-state index in [-0.39, 0.29) is 11.4 Å². The molecule has 1 spiro atoms. The first-order chi connectivity index (χ1) is 12.1. The highest BCUT2D eigenvalue weighted by molar-refractivity contribution is 6.00. The molecule has 3 heterocycles. The number of nitrogens with zero attached hydrogens (tertiary/aromatic N) is 3. The zero-order valence-electron chi connectivity index (χ0n) is 15.6. The van der Waals surface area contributed by atoms with Crippen LogP contribution >= 0.6 is 0 Å². The Morgan fingerprint density at radius 3 is 2.72 bits per heavy atom. The molecule has 136 valence electrons. The Balaban J connectivity index is 1.49. The van der Waals surface area contributed by atoms with Gasteiger partial charge >= 0.3 is 0 Å². The lowest BCUT2D eigenvalue weighted by Crippen LogP contribution is -2.64. The number of amides is 1. The molecular formula is C20H30N4O. The maximum absolute atomic E-state index is 13.2. The summed E-state index contributed by atoms with van der Waals surface area (Å²) in [6.45, 7) is 6.08. The molecule has 1 aromatic rings. The second-order valence-corrected chi connectivity index (χ2v) is 8.05. The Labute approximate surface area is 151 Å². The van der Waals surface area contributed by atoms with Crippen LogP contribution in [-0.4, -0.2) is 79.5 Å². The predicted molar refractivity (Wildman–Crippen MR) is 101 cm³/mol. The topological polar surface area (TPSA) is 38.8 Å². The third-order valence-corrected chi connectivity index (χ3v) is 6.48. The molecule has 3 aliphatic heterocycles. The molecule has 0 atom stereocenters. The van der Waals surface area contributed by atoms with Gasteiger partial charge in [-0.1, -0.05) is 12.1 Å². The molecule has 1 N–H and O–H groups in total. The number of fused-ring (bicyclic) bond motifs is 1. The lowest BCUT2D eigenvalue weighted by molar-refractivity contribution is -0.0157. The van der Waals surface area contributed by atoms with E-state index in [0.29, 0.717) is 0 Å². The first kappa shape index (κ1) is 16.9. The molecule has 5 nitrogen and oxygen atoms in total. The summed E-state index contributed by atoms with van der Waals surface area (Å²) < 4.78 is 0. The number of rotatable bonds is 1. The van der Waals surface area contributed by atoms with E-state index in [1.165, 1.54) is 5.56 Å². The number of carbonyl (C=O) groups is 1. The Bertz CT molecular complexity index is 651. The van der Waals surface area contributed by atoms with Gasteiger partial charge in [0.15, 0.2) is 0 Å². The number of aryl methyl sites for hydroxylation is 1. The Kier molecular flexibility index (Phi) is 4.46. The Morgan fingerprint density at radius 2 is 1.92 bits per heavy atom. The van der Waals surface area contributed by atoms with Gasteiger partial charge in [-0.3, -0.25) is 9.69 Å². The minimum atomic E-state index is 0.202. The summed E-state index contributed by atoms with van der Waals surface area (Å²) >= 11 is 0. The van der Waals surface area contributed by atoms with E-state index in [1.54, 1.807) is 0 Å². The number of carbonyl (C=O) groups excluding carboxylic acids is 1. The smallest absolute Gasteiger partial charge is 0.255 e. The van der Waals surface area contributed by atoms with Crippen LogP contribution in [0.3, 0.4) is 0 Å². The van der Waals surface area contributed by atoms with Gasteiger partial charge in [-0.05, 0) is 51.4 Å². The number of likely N-dealkylation sites (N-methyl/N-ethyl adjacent to an activating group) is 2. The number of benzene rings is 1. The summed E-state index contributed by atoms with van der Waals surface area (Å²) in [5.41, 5.74) is 3.48. The van der Waals surface area contributed by atoms with Crippen LogP contribution in [0.1, 0.15) is 35.2 Å². The maximum Gasteiger partial charge on any atom is 0.255 e. The number of para-hydroxylation sites is 1. The van der Waals surface area contributed by atoms with Crippen LogP contribution in [0.2, 0.25) is 0 Å². The maximum atomic E-state index is 13.2. The highest BCUT2D eigenvalue weighted by Gasteiger charge is 2.42. The molecule has 0 saturated carbocycles. The first-order valence-corrected chi connectivity index (χ1v) is 9.64. The largest absolute Gasteiger partial charge is 0.384 e. The minimum absolute atomic E-state index is 0.202. The van der Waals surface area contributed by atoms with Crippen molar-refractivity contribution in [3.63, 3.8) is 0 Å². The first-order valence-electron chi connectivity index (χ1n) is 9.64. The molecule has 0 bridgehead atoms. The third kappa shape index (κ3) is 3.04. The highest BCUT2D eigenvalue weighted by atomic mass is 16.2. The van der Waals surface area contributed by atoms with Crippen LogP contribution in [0.4, 0.5) is 5.69 Å². The number of likely N-dealkylation sites (tertiary alicyclic amines) is 1. The standard InChI is InChI=1S/C20H30N4O/c1-22-13-14-23(2)20(15-22)8-11-24(12-9-20)19(25)17-7-3-5-16-6-4-10-21-18(16)17/h3,5,7,21H,4,6,8-15H2,1-2H3. The summed E-state index contributed by atoms with van der Waals surface area (Å²) in [5, 5.41) is 3.46. The van der Waals surface area contributed by atoms with Crippen molar-refractivity contribution in [3.05, 3.63) is 29.3 Å². The van der Waals surface area contributed by atoms with Crippen LogP contribution in [0, 0.1) is 0 Å². The molecule has 0 radical (unpaired) electrons. The van der Waals surface area contributed by atoms with Crippen molar-refractivity contribution in [1.82, 2.24) is 14.7 Å². The number of piperidine rings is 1. The van der Waals surface area contributed by atoms with Gasteiger partial charge < -0.3 is 15.1 Å². The van der Waals surface area contributed by atoms with Crippen molar-refractivity contribution in [3.8, 4) is 0 Å². The average Bonchev–Trinajstić information content (AvgIpc) is 2.65. The van der Waals surface area contributed by atoms with Gasteiger partial charge in [0.25, 0.3) is 5.91 Å². The van der Waals surface area contributed by atoms with E-state index in [0.717, 1.165) is 76.2 Å². The third-order valence-electron chi connectivity index (χ3n) is 6.48. The number of anilines is 1. The monoisotopic (exact) mass is 342 g/mol. The summed E-state index contributed by atoms with van der Waals surface area (Å²) in [5.74, 6) is 0.202. The predicted octanol–water partition coefficient (Wildman–Crippen LogP) is 1.90. The zero-order valence-corrected chi connectivity index (χ0v) is 15.6. The average molecular weight is 342 g/mol. The van der Waals surface area contributed by atoms with Crippen molar-refractivity contribution < 1.29 is 4.79 Å². The molecule has 0 aliphatic carbocycles. The zero-order chi connectivity index (χ0) is 17.4. The van der Waals surface area contributed by atoms with Crippen molar-refractivity contribution in [2.75, 3.05) is 58.7 Å². The van der Waals surface area contributed by atoms with Crippen LogP contribution in [-0.2, 0) is 6.42 Å². The molecule has 4 rings (SSSR count). The minimum Gasteiger partial charge on any atom is -0.384 e. The SMILES string of the molecule is CN1CCN(C)C2(CCN(C(=O)c3cccc4c3NCCC4)CC2)C1. The quantitative estimate of drug-likeness (QED) is 0.846. The fraction of sp³-hybridized carbons (Fsp3) is 0.650. The summed E-state index contributed by atoms with van der Waals surface area (Å²) in [6.07, 6.45) is 4.37. The summed E-state index contributed by atoms with van der Waals surface area (Å²) in [4.78, 5) is 20.2. The molecule has 2 saturated heterocycles. The molecule has 0 aromatic heterocycles. The van der Waals surface area contributed by atoms with Gasteiger partial charge in [0, 0.05) is 44.8 Å². The van der Waals surface area contributed by atoms with Crippen molar-refractivity contribution >= 4 is 11.6 Å². The number of hydrogen-bond acceptors (Lipinski definition) is 4. The normalized spacial score (nSPS) is 24.0. The van der Waals surface area contributed by atoms with E-state index < -0.39 is 0 Å². The van der Waals surface area contributed by atoms with Crippen molar-refractivity contribution in [1.29, 1.82) is 0 Å². The Hall–Kier alpha value is -1.59. The van der Waals surface area contributed by atoms with E-state index in [1.807, 2.05) is 12.1 Å². The highest BCUT2D eigenvalue weighted by Crippen LogP contribution is 2.33. The number of piperazine rings is 1. The second kappa shape index (κ2) is 6.61. The number of hydrogen-bond donors (Lipinski definition) is 1. The number of nitrogens with one attached hydrogen (secondary N) is 1. The van der Waals surface area contributed by atoms with Crippen LogP contribution in [0.5, 0.6) is 0 Å². The van der Waals surface area contributed by atoms with Crippen molar-refractivity contribution in [2.45, 2.75) is 31.2 Å². The summed E-state index contributed by atoms with van der Waals surface area (Å²) in [7, 11) is 4.47. The molecule has 1 aromatic carbocycles. The fourth-order valence-corrected chi connectivity index (χ4v) is 4.78. The fourth-order valence-electron chi connectivity index (χ4n) is 4.78. The lowest BCUT2D eigenvalue weighted by Gasteiger charge is -2.52. The van der Waals surface area contributed by atoms with Crippen LogP contribution < -0.4 is 5.32 Å². The van der Waals surface area contributed by atoms with Gasteiger partial charge in [-0.15, -0.1) is 0 Å². The molecule has 2 fully saturated rings. The molecule has 0 unspecified atom stereocenters. The van der Waals surface area contributed by atoms with Crippen LogP contribution in [0.25, 0.3) is 0 Å². The van der Waals surface area contributed by atoms with E-state index in [4.69, 9.17) is 0 Å². The van der Waals surface area contributed by atoms with E-state index in [2.05, 4.69) is 40.2 Å². The Morgan fingerprint density at radius 1 is 1.12 bits per heavy atom. The lowest BCUT2D eigenvalue weighted by atomic mass is 9.83. The van der Waals surface area contributed by atoms with Gasteiger partial charge in [-0.2, -0.15) is 0 Å². The summed E-state index contributed by atoms with van der Waals surface area (Å²) in [6, 6.07) is 6.18. The van der Waals surface area contributed by atoms with Crippen LogP contribution in [0.15, 0.2) is 18.2 Å². The molecule has 3 aliphatic rings. The molecule has 5 heteroatoms. The van der Waals surface area contributed by atoms with Gasteiger partial charge in [-0.25, -0.2) is 0 Å². The second-order valence-electron chi connectivity index (χ2n) is 8.05. The van der Waals surface area contributed by atoms with Crippen molar-refractivity contribution in [2.24, 2.45) is 0 Å². The molecular weight excluding hydrogens is 312 g/mol. The molecule has 25 heavy (non-hydrogen) atoms. The van der Waals surface area contributed by atoms with Gasteiger partial charge in [0.2, 0.25) is 0 Å². The van der Waals surface area contributed by atoms with E-state index in [9.17, 15) is 4.79 Å². The van der Waals surface area contributed by atoms with E-state index >= 15 is 0 Å². The van der Waals surface area contributed by atoms with Gasteiger partial charge in [0.05, 0.1) is 11.3 Å². The molecule has 1 amide bonds.